The maximum atomic E-state index is 10.6. The molecule has 0 aromatic heterocycles. The summed E-state index contributed by atoms with van der Waals surface area (Å²) in [6, 6.07) is 0. The van der Waals surface area contributed by atoms with Gasteiger partial charge in [0.25, 0.3) is 0 Å². The van der Waals surface area contributed by atoms with Crippen LogP contribution in [0.3, 0.4) is 0 Å². The highest BCUT2D eigenvalue weighted by atomic mass is 35.5. The quantitative estimate of drug-likeness (QED) is 0.231. The van der Waals surface area contributed by atoms with Crippen molar-refractivity contribution < 1.29 is 14.0 Å². The van der Waals surface area contributed by atoms with E-state index in [1.807, 2.05) is 21.0 Å². The van der Waals surface area contributed by atoms with Crippen molar-refractivity contribution in [3.63, 3.8) is 0 Å². The van der Waals surface area contributed by atoms with E-state index in [0.717, 1.165) is 6.54 Å². The van der Waals surface area contributed by atoms with Gasteiger partial charge in [0.15, 0.2) is 0 Å². The number of quaternary nitrogens is 1. The fourth-order valence-electron chi connectivity index (χ4n) is 0.389. The van der Waals surface area contributed by atoms with Crippen molar-refractivity contribution in [2.24, 2.45) is 0 Å². The second kappa shape index (κ2) is 8.08. The molecule has 0 aliphatic carbocycles. The minimum Gasteiger partial charge on any atom is -0.412 e. The second-order valence-electron chi connectivity index (χ2n) is 3.05. The highest BCUT2D eigenvalue weighted by Crippen LogP contribution is 1.95. The zero-order valence-corrected chi connectivity index (χ0v) is 9.60. The van der Waals surface area contributed by atoms with Crippen molar-refractivity contribution in [3.05, 3.63) is 12.7 Å². The minimum atomic E-state index is -0.357. The van der Waals surface area contributed by atoms with Crippen LogP contribution >= 0.6 is 11.6 Å². The van der Waals surface area contributed by atoms with Crippen molar-refractivity contribution in [1.29, 1.82) is 0 Å². The first-order valence-corrected chi connectivity index (χ1v) is 4.76. The standard InChI is InChI=1S/C8H16NO2.CH3Cl/c1-5-8(10)11-7-9(3,4)6-2;1-2/h5H,1,6-7H2,2-4H3;1H3/q+1;. The summed E-state index contributed by atoms with van der Waals surface area (Å²) in [4.78, 5) is 10.6. The smallest absolute Gasteiger partial charge is 0.334 e. The summed E-state index contributed by atoms with van der Waals surface area (Å²) in [5.74, 6) is -0.357. The van der Waals surface area contributed by atoms with Crippen molar-refractivity contribution in [3.8, 4) is 0 Å². The van der Waals surface area contributed by atoms with E-state index in [-0.39, 0.29) is 5.97 Å². The van der Waals surface area contributed by atoms with Crippen LogP contribution in [0.5, 0.6) is 0 Å². The largest absolute Gasteiger partial charge is 0.412 e. The molecule has 0 spiro atoms. The van der Waals surface area contributed by atoms with Crippen LogP contribution in [-0.2, 0) is 9.53 Å². The molecule has 0 atom stereocenters. The van der Waals surface area contributed by atoms with Crippen LogP contribution in [0.1, 0.15) is 6.92 Å². The predicted octanol–water partition coefficient (Wildman–Crippen LogP) is 1.62. The van der Waals surface area contributed by atoms with Gasteiger partial charge < -0.3 is 4.74 Å². The topological polar surface area (TPSA) is 26.3 Å². The lowest BCUT2D eigenvalue weighted by Gasteiger charge is -2.26. The first kappa shape index (κ1) is 15.0. The molecule has 3 nitrogen and oxygen atoms in total. The van der Waals surface area contributed by atoms with E-state index in [4.69, 9.17) is 4.74 Å². The Morgan fingerprint density at radius 2 is 2.00 bits per heavy atom. The summed E-state index contributed by atoms with van der Waals surface area (Å²) in [6.07, 6.45) is 2.65. The van der Waals surface area contributed by atoms with Crippen LogP contribution in [-0.4, -0.2) is 44.2 Å². The van der Waals surface area contributed by atoms with E-state index >= 15 is 0 Å². The summed E-state index contributed by atoms with van der Waals surface area (Å²) < 4.78 is 5.54. The Bertz CT molecular complexity index is 158. The summed E-state index contributed by atoms with van der Waals surface area (Å²) in [5, 5.41) is 0. The van der Waals surface area contributed by atoms with Crippen LogP contribution in [0, 0.1) is 0 Å². The molecule has 0 fully saturated rings. The Labute approximate surface area is 85.5 Å². The zero-order chi connectivity index (χ0) is 10.9. The van der Waals surface area contributed by atoms with Gasteiger partial charge in [-0.15, -0.1) is 11.6 Å². The molecule has 0 bridgehead atoms. The highest BCUT2D eigenvalue weighted by molar-refractivity contribution is 6.15. The maximum Gasteiger partial charge on any atom is 0.334 e. The highest BCUT2D eigenvalue weighted by Gasteiger charge is 2.12. The van der Waals surface area contributed by atoms with Gasteiger partial charge in [0.2, 0.25) is 6.73 Å². The van der Waals surface area contributed by atoms with E-state index in [1.165, 1.54) is 12.5 Å². The predicted molar refractivity (Wildman–Crippen MR) is 55.6 cm³/mol. The van der Waals surface area contributed by atoms with Crippen molar-refractivity contribution in [1.82, 2.24) is 0 Å². The van der Waals surface area contributed by atoms with E-state index in [9.17, 15) is 4.79 Å². The first-order valence-electron chi connectivity index (χ1n) is 4.01. The number of alkyl halides is 1. The Morgan fingerprint density at radius 1 is 1.54 bits per heavy atom. The van der Waals surface area contributed by atoms with E-state index in [0.29, 0.717) is 11.2 Å². The molecule has 0 N–H and O–H groups in total. The molecule has 0 aromatic rings. The third-order valence-electron chi connectivity index (χ3n) is 1.58. The van der Waals surface area contributed by atoms with E-state index in [2.05, 4.69) is 18.2 Å². The van der Waals surface area contributed by atoms with Crippen LogP contribution in [0.4, 0.5) is 0 Å². The number of halogens is 1. The molecule has 0 amide bonds. The molecule has 0 aliphatic rings. The average molecular weight is 209 g/mol. The molecular weight excluding hydrogens is 190 g/mol. The summed E-state index contributed by atoms with van der Waals surface area (Å²) in [6.45, 7) is 6.69. The molecule has 0 radical (unpaired) electrons. The lowest BCUT2D eigenvalue weighted by molar-refractivity contribution is -0.905. The summed E-state index contributed by atoms with van der Waals surface area (Å²) in [7, 11) is 3.99. The second-order valence-corrected chi connectivity index (χ2v) is 3.05. The van der Waals surface area contributed by atoms with Crippen molar-refractivity contribution in [2.45, 2.75) is 6.92 Å². The van der Waals surface area contributed by atoms with Crippen LogP contribution in [0.15, 0.2) is 12.7 Å². The Balaban J connectivity index is 0. The average Bonchev–Trinajstić information content (AvgIpc) is 2.17. The van der Waals surface area contributed by atoms with Gasteiger partial charge in [-0.25, -0.2) is 4.79 Å². The Kier molecular flexibility index (Phi) is 9.29. The summed E-state index contributed by atoms with van der Waals surface area (Å²) >= 11 is 4.64. The van der Waals surface area contributed by atoms with Gasteiger partial charge in [0.1, 0.15) is 0 Å². The molecule has 0 saturated carbocycles. The van der Waals surface area contributed by atoms with Gasteiger partial charge in [-0.2, -0.15) is 0 Å². The van der Waals surface area contributed by atoms with Crippen molar-refractivity contribution >= 4 is 17.6 Å². The number of carbonyl (C=O) groups is 1. The van der Waals surface area contributed by atoms with Gasteiger partial charge in [-0.1, -0.05) is 6.58 Å². The van der Waals surface area contributed by atoms with Crippen molar-refractivity contribution in [2.75, 3.05) is 33.8 Å². The number of rotatable bonds is 4. The fourth-order valence-corrected chi connectivity index (χ4v) is 0.389. The van der Waals surface area contributed by atoms with Gasteiger partial charge in [-0.3, -0.25) is 4.48 Å². The Morgan fingerprint density at radius 3 is 2.31 bits per heavy atom. The summed E-state index contributed by atoms with van der Waals surface area (Å²) in [5.41, 5.74) is 0. The molecule has 78 valence electrons. The molecule has 0 aliphatic heterocycles. The molecular formula is C9H19ClNO2+. The van der Waals surface area contributed by atoms with Gasteiger partial charge in [-0.05, 0) is 6.92 Å². The van der Waals surface area contributed by atoms with Gasteiger partial charge in [0, 0.05) is 12.5 Å². The zero-order valence-electron chi connectivity index (χ0n) is 8.84. The number of ether oxygens (including phenoxy) is 1. The normalized spacial score (nSPS) is 9.62. The Hall–Kier alpha value is -0.540. The monoisotopic (exact) mass is 208 g/mol. The molecule has 0 rings (SSSR count). The first-order chi connectivity index (χ1) is 6.02. The number of nitrogens with zero attached hydrogens (tertiary/aromatic N) is 1. The number of carbonyl (C=O) groups excluding carboxylic acids is 1. The fraction of sp³-hybridized carbons (Fsp3) is 0.667. The number of hydrogen-bond acceptors (Lipinski definition) is 2. The minimum absolute atomic E-state index is 0.357. The molecule has 0 saturated heterocycles. The number of esters is 1. The van der Waals surface area contributed by atoms with Crippen LogP contribution < -0.4 is 0 Å². The SMILES string of the molecule is C=CC(=O)OC[N+](C)(C)CC.CCl. The molecule has 0 unspecified atom stereocenters. The molecule has 0 heterocycles. The number of hydrogen-bond donors (Lipinski definition) is 0. The van der Waals surface area contributed by atoms with E-state index < -0.39 is 0 Å². The van der Waals surface area contributed by atoms with Crippen LogP contribution in [0.2, 0.25) is 0 Å². The lowest BCUT2D eigenvalue weighted by Crippen LogP contribution is -2.41. The lowest BCUT2D eigenvalue weighted by atomic mass is 10.5. The third kappa shape index (κ3) is 9.37. The van der Waals surface area contributed by atoms with Gasteiger partial charge >= 0.3 is 5.97 Å². The van der Waals surface area contributed by atoms with Crippen LogP contribution in [0.25, 0.3) is 0 Å². The molecule has 0 aromatic carbocycles. The van der Waals surface area contributed by atoms with Gasteiger partial charge in [0.05, 0.1) is 20.6 Å². The third-order valence-corrected chi connectivity index (χ3v) is 1.58. The molecule has 4 heteroatoms. The molecule has 13 heavy (non-hydrogen) atoms. The van der Waals surface area contributed by atoms with E-state index in [1.54, 1.807) is 0 Å². The maximum absolute atomic E-state index is 10.6.